The van der Waals surface area contributed by atoms with Gasteiger partial charge in [-0.25, -0.2) is 0 Å². The van der Waals surface area contributed by atoms with Gasteiger partial charge in [0.05, 0.1) is 0 Å². The number of aryl methyl sites for hydroxylation is 1. The Morgan fingerprint density at radius 3 is 2.37 bits per heavy atom. The number of rotatable bonds is 7. The second-order valence-corrected chi connectivity index (χ2v) is 9.03. The van der Waals surface area contributed by atoms with E-state index in [2.05, 4.69) is 41.6 Å². The number of benzene rings is 3. The second kappa shape index (κ2) is 10.7. The minimum Gasteiger partial charge on any atom is -0.372 e. The SMILES string of the molecule is CCN(CC)c1ccc(/C=[N+]2\NC(=O)[C@@H](NC(=O)c3cccc(C)c3)[C@H]2c2ccc(Cl)cc2)cc1. The molecule has 7 heteroatoms. The zero-order valence-electron chi connectivity index (χ0n) is 20.2. The van der Waals surface area contributed by atoms with Gasteiger partial charge in [0.15, 0.2) is 6.04 Å². The summed E-state index contributed by atoms with van der Waals surface area (Å²) in [4.78, 5) is 28.3. The Kier molecular flexibility index (Phi) is 7.51. The molecule has 0 radical (unpaired) electrons. The van der Waals surface area contributed by atoms with Gasteiger partial charge in [-0.3, -0.25) is 9.59 Å². The summed E-state index contributed by atoms with van der Waals surface area (Å²) in [6.07, 6.45) is 1.89. The van der Waals surface area contributed by atoms with Crippen LogP contribution in [0.15, 0.2) is 72.8 Å². The lowest BCUT2D eigenvalue weighted by Gasteiger charge is -2.20. The van der Waals surface area contributed by atoms with E-state index in [1.165, 1.54) is 0 Å². The molecule has 2 N–H and O–H groups in total. The summed E-state index contributed by atoms with van der Waals surface area (Å²) in [6, 6.07) is 21.6. The number of hydrazone groups is 1. The van der Waals surface area contributed by atoms with Crippen LogP contribution in [-0.4, -0.2) is 41.8 Å². The highest BCUT2D eigenvalue weighted by Crippen LogP contribution is 2.27. The molecule has 1 aliphatic rings. The molecule has 180 valence electrons. The standard InChI is InChI=1S/C28H29ClN4O2/c1-4-32(5-2)24-15-9-20(10-16-24)18-33-26(21-11-13-23(29)14-12-21)25(28(35)31-33)30-27(34)22-8-6-7-19(3)17-22/h6-18,25-26H,4-5H2,1-3H3,(H-,30,31,34,35)/p+1/t25-,26+/m0/s1. The van der Waals surface area contributed by atoms with Crippen molar-refractivity contribution < 1.29 is 14.3 Å². The van der Waals surface area contributed by atoms with E-state index in [0.717, 1.165) is 35.5 Å². The molecule has 0 spiro atoms. The molecule has 0 bridgehead atoms. The first-order valence-corrected chi connectivity index (χ1v) is 12.2. The van der Waals surface area contributed by atoms with Crippen LogP contribution in [0.1, 0.15) is 46.9 Å². The molecule has 3 aromatic carbocycles. The molecule has 6 nitrogen and oxygen atoms in total. The smallest absolute Gasteiger partial charge is 0.304 e. The zero-order chi connectivity index (χ0) is 24.9. The number of halogens is 1. The Labute approximate surface area is 211 Å². The first-order valence-electron chi connectivity index (χ1n) is 11.8. The lowest BCUT2D eigenvalue weighted by molar-refractivity contribution is -0.596. The van der Waals surface area contributed by atoms with Gasteiger partial charge in [0.25, 0.3) is 5.91 Å². The van der Waals surface area contributed by atoms with E-state index in [9.17, 15) is 9.59 Å². The summed E-state index contributed by atoms with van der Waals surface area (Å²) in [6.45, 7) is 8.06. The molecule has 3 aromatic rings. The average Bonchev–Trinajstić information content (AvgIpc) is 3.15. The number of hydrogen-bond donors (Lipinski definition) is 2. The number of anilines is 1. The monoisotopic (exact) mass is 489 g/mol. The molecule has 1 heterocycles. The lowest BCUT2D eigenvalue weighted by atomic mass is 9.99. The number of hydrogen-bond acceptors (Lipinski definition) is 3. The third-order valence-corrected chi connectivity index (χ3v) is 6.48. The van der Waals surface area contributed by atoms with Crippen molar-refractivity contribution in [1.82, 2.24) is 10.7 Å². The molecular weight excluding hydrogens is 460 g/mol. The van der Waals surface area contributed by atoms with Crippen LogP contribution in [-0.2, 0) is 4.79 Å². The molecule has 0 unspecified atom stereocenters. The van der Waals surface area contributed by atoms with Crippen molar-refractivity contribution >= 4 is 35.3 Å². The maximum absolute atomic E-state index is 13.1. The topological polar surface area (TPSA) is 64.5 Å². The quantitative estimate of drug-likeness (QED) is 0.480. The molecular formula is C28H30ClN4O2+. The van der Waals surface area contributed by atoms with E-state index in [0.29, 0.717) is 10.6 Å². The van der Waals surface area contributed by atoms with Crippen molar-refractivity contribution in [1.29, 1.82) is 0 Å². The molecule has 0 aliphatic carbocycles. The Balaban J connectivity index is 1.67. The van der Waals surface area contributed by atoms with E-state index < -0.39 is 12.1 Å². The molecule has 2 amide bonds. The summed E-state index contributed by atoms with van der Waals surface area (Å²) in [5, 5.41) is 3.54. The van der Waals surface area contributed by atoms with E-state index in [-0.39, 0.29) is 11.8 Å². The summed E-state index contributed by atoms with van der Waals surface area (Å²) >= 11 is 6.12. The van der Waals surface area contributed by atoms with Gasteiger partial charge < -0.3 is 10.2 Å². The Bertz CT molecular complexity index is 1230. The number of carbonyl (C=O) groups is 2. The Morgan fingerprint density at radius 1 is 1.06 bits per heavy atom. The van der Waals surface area contributed by atoms with E-state index in [1.54, 1.807) is 28.9 Å². The van der Waals surface area contributed by atoms with E-state index in [4.69, 9.17) is 11.6 Å². The number of nitrogens with one attached hydrogen (secondary N) is 2. The largest absolute Gasteiger partial charge is 0.372 e. The van der Waals surface area contributed by atoms with Crippen LogP contribution in [0.25, 0.3) is 0 Å². The molecule has 35 heavy (non-hydrogen) atoms. The molecule has 2 atom stereocenters. The minimum absolute atomic E-state index is 0.276. The van der Waals surface area contributed by atoms with Crippen molar-refractivity contribution in [2.75, 3.05) is 18.0 Å². The van der Waals surface area contributed by atoms with Crippen LogP contribution in [0.4, 0.5) is 5.69 Å². The maximum atomic E-state index is 13.1. The van der Waals surface area contributed by atoms with Gasteiger partial charge in [-0.2, -0.15) is 0 Å². The van der Waals surface area contributed by atoms with Gasteiger partial charge in [-0.05, 0) is 69.3 Å². The summed E-state index contributed by atoms with van der Waals surface area (Å²) in [7, 11) is 0. The maximum Gasteiger partial charge on any atom is 0.304 e. The number of nitrogens with zero attached hydrogens (tertiary/aromatic N) is 2. The lowest BCUT2D eigenvalue weighted by Crippen LogP contribution is -2.42. The highest BCUT2D eigenvalue weighted by molar-refractivity contribution is 6.30. The van der Waals surface area contributed by atoms with Gasteiger partial charge in [-0.15, -0.1) is 10.1 Å². The van der Waals surface area contributed by atoms with Crippen LogP contribution in [0, 0.1) is 6.92 Å². The third-order valence-electron chi connectivity index (χ3n) is 6.23. The molecule has 1 fully saturated rings. The number of hydrazine groups is 1. The van der Waals surface area contributed by atoms with Crippen molar-refractivity contribution in [2.45, 2.75) is 32.9 Å². The molecule has 0 saturated carbocycles. The van der Waals surface area contributed by atoms with Crippen LogP contribution >= 0.6 is 11.6 Å². The highest BCUT2D eigenvalue weighted by atomic mass is 35.5. The predicted molar refractivity (Wildman–Crippen MR) is 140 cm³/mol. The minimum atomic E-state index is -0.782. The Hall–Kier alpha value is -3.64. The summed E-state index contributed by atoms with van der Waals surface area (Å²) in [5.74, 6) is -0.569. The number of carbonyl (C=O) groups excluding carboxylic acids is 2. The van der Waals surface area contributed by atoms with Gasteiger partial charge >= 0.3 is 5.91 Å². The van der Waals surface area contributed by atoms with Crippen LogP contribution < -0.4 is 15.6 Å². The average molecular weight is 490 g/mol. The van der Waals surface area contributed by atoms with Gasteiger partial charge in [0.2, 0.25) is 12.3 Å². The Morgan fingerprint density at radius 2 is 1.74 bits per heavy atom. The second-order valence-electron chi connectivity index (χ2n) is 8.59. The first kappa shape index (κ1) is 24.5. The fourth-order valence-electron chi connectivity index (χ4n) is 4.37. The summed E-state index contributed by atoms with van der Waals surface area (Å²) in [5.41, 5.74) is 7.36. The van der Waals surface area contributed by atoms with E-state index >= 15 is 0 Å². The normalized spacial score (nSPS) is 18.4. The van der Waals surface area contributed by atoms with Gasteiger partial charge in [0, 0.05) is 40.5 Å². The third kappa shape index (κ3) is 5.54. The van der Waals surface area contributed by atoms with Crippen LogP contribution in [0.2, 0.25) is 5.02 Å². The van der Waals surface area contributed by atoms with Crippen LogP contribution in [0.5, 0.6) is 0 Å². The zero-order valence-corrected chi connectivity index (χ0v) is 20.9. The predicted octanol–water partition coefficient (Wildman–Crippen LogP) is 4.51. The van der Waals surface area contributed by atoms with Crippen molar-refractivity contribution in [3.63, 3.8) is 0 Å². The number of amides is 2. The van der Waals surface area contributed by atoms with Crippen molar-refractivity contribution in [3.05, 3.63) is 100 Å². The van der Waals surface area contributed by atoms with E-state index in [1.807, 2.05) is 49.5 Å². The molecule has 0 aromatic heterocycles. The molecule has 1 saturated heterocycles. The molecule has 4 rings (SSSR count). The van der Waals surface area contributed by atoms with Crippen molar-refractivity contribution in [3.8, 4) is 0 Å². The summed E-state index contributed by atoms with van der Waals surface area (Å²) < 4.78 is 1.76. The fraction of sp³-hybridized carbons (Fsp3) is 0.250. The fourth-order valence-corrected chi connectivity index (χ4v) is 4.50. The first-order chi connectivity index (χ1) is 16.9. The van der Waals surface area contributed by atoms with Crippen LogP contribution in [0.3, 0.4) is 0 Å². The van der Waals surface area contributed by atoms with Gasteiger partial charge in [0.1, 0.15) is 0 Å². The highest BCUT2D eigenvalue weighted by Gasteiger charge is 2.47. The molecule has 1 aliphatic heterocycles. The van der Waals surface area contributed by atoms with Crippen molar-refractivity contribution in [2.24, 2.45) is 0 Å². The van der Waals surface area contributed by atoms with Gasteiger partial charge in [-0.1, -0.05) is 41.4 Å².